The number of aliphatic carboxylic acids is 1. The number of carbonyl (C=O) groups excluding carboxylic acids is 1. The molecule has 1 fully saturated rings. The number of carboxylic acid groups (broad SMARTS) is 1. The summed E-state index contributed by atoms with van der Waals surface area (Å²) in [4.78, 5) is 41.8. The van der Waals surface area contributed by atoms with E-state index in [1.54, 1.807) is 0 Å². The third-order valence-electron chi connectivity index (χ3n) is 4.90. The molecule has 1 unspecified atom stereocenters. The van der Waals surface area contributed by atoms with E-state index in [2.05, 4.69) is 28.2 Å². The molecule has 3 heterocycles. The largest absolute Gasteiger partial charge is 0.480 e. The lowest BCUT2D eigenvalue weighted by Gasteiger charge is -2.33. The second-order valence-electron chi connectivity index (χ2n) is 6.96. The molecule has 0 radical (unpaired) electrons. The minimum atomic E-state index is -1.11. The first-order valence-corrected chi connectivity index (χ1v) is 9.38. The van der Waals surface area contributed by atoms with Crippen LogP contribution in [0.4, 0.5) is 11.4 Å². The fourth-order valence-electron chi connectivity index (χ4n) is 3.38. The van der Waals surface area contributed by atoms with Crippen molar-refractivity contribution in [2.24, 2.45) is 5.92 Å². The average Bonchev–Trinajstić information content (AvgIpc) is 2.70. The number of hydrogen-bond donors (Lipinski definition) is 2. The van der Waals surface area contributed by atoms with Gasteiger partial charge in [-0.2, -0.15) is 0 Å². The molecule has 8 heteroatoms. The van der Waals surface area contributed by atoms with Crippen molar-refractivity contribution in [3.8, 4) is 0 Å². The third kappa shape index (κ3) is 4.76. The quantitative estimate of drug-likeness (QED) is 0.786. The number of nitrogens with zero attached hydrogens (tertiary/aromatic N) is 3. The molecule has 0 saturated carbocycles. The van der Waals surface area contributed by atoms with Crippen LogP contribution in [0.15, 0.2) is 41.6 Å². The molecule has 0 bridgehead atoms. The summed E-state index contributed by atoms with van der Waals surface area (Å²) in [5.41, 5.74) is 2.17. The molecule has 28 heavy (non-hydrogen) atoms. The van der Waals surface area contributed by atoms with Crippen LogP contribution in [0.25, 0.3) is 0 Å². The number of anilines is 2. The highest BCUT2D eigenvalue weighted by atomic mass is 16.4. The number of piperidine rings is 1. The number of hydrogen-bond acceptors (Lipinski definition) is 5. The number of carboxylic acids is 1. The molecule has 1 aliphatic rings. The molecule has 1 amide bonds. The van der Waals surface area contributed by atoms with Crippen molar-refractivity contribution in [2.45, 2.75) is 32.7 Å². The first kappa shape index (κ1) is 19.6. The van der Waals surface area contributed by atoms with Crippen LogP contribution in [-0.2, 0) is 22.6 Å². The number of nitrogens with one attached hydrogen (secondary N) is 1. The maximum atomic E-state index is 12.7. The van der Waals surface area contributed by atoms with Gasteiger partial charge in [0.1, 0.15) is 6.54 Å². The molecule has 2 N–H and O–H groups in total. The van der Waals surface area contributed by atoms with Gasteiger partial charge in [0.15, 0.2) is 0 Å². The topological polar surface area (TPSA) is 105 Å². The Bertz CT molecular complexity index is 924. The van der Waals surface area contributed by atoms with E-state index in [0.717, 1.165) is 41.6 Å². The highest BCUT2D eigenvalue weighted by Crippen LogP contribution is 2.24. The van der Waals surface area contributed by atoms with Gasteiger partial charge < -0.3 is 19.9 Å². The molecule has 0 spiro atoms. The lowest BCUT2D eigenvalue weighted by Crippen LogP contribution is -2.41. The van der Waals surface area contributed by atoms with Crippen molar-refractivity contribution in [1.29, 1.82) is 0 Å². The second-order valence-corrected chi connectivity index (χ2v) is 6.96. The normalized spacial score (nSPS) is 16.6. The zero-order chi connectivity index (χ0) is 20.1. The summed E-state index contributed by atoms with van der Waals surface area (Å²) < 4.78 is 1.06. The van der Waals surface area contributed by atoms with E-state index in [4.69, 9.17) is 5.11 Å². The summed E-state index contributed by atoms with van der Waals surface area (Å²) in [6, 6.07) is 4.86. The molecular formula is C20H24N4O4. The number of aromatic nitrogens is 2. The van der Waals surface area contributed by atoms with Crippen LogP contribution >= 0.6 is 0 Å². The third-order valence-corrected chi connectivity index (χ3v) is 4.90. The summed E-state index contributed by atoms with van der Waals surface area (Å²) in [5.74, 6) is -1.44. The SMILES string of the molecule is CCc1cncc(N2CCCC(C(=O)Nc3ccc(=O)n(CC(=O)O)c3)C2)c1. The fourth-order valence-corrected chi connectivity index (χ4v) is 3.38. The molecule has 8 nitrogen and oxygen atoms in total. The van der Waals surface area contributed by atoms with Gasteiger partial charge >= 0.3 is 5.97 Å². The van der Waals surface area contributed by atoms with Gasteiger partial charge in [0.2, 0.25) is 5.91 Å². The average molecular weight is 384 g/mol. The molecular weight excluding hydrogens is 360 g/mol. The Labute approximate surface area is 162 Å². The van der Waals surface area contributed by atoms with E-state index in [9.17, 15) is 14.4 Å². The van der Waals surface area contributed by atoms with Crippen LogP contribution in [0.3, 0.4) is 0 Å². The lowest BCUT2D eigenvalue weighted by atomic mass is 9.96. The Morgan fingerprint density at radius 1 is 1.32 bits per heavy atom. The molecule has 148 valence electrons. The van der Waals surface area contributed by atoms with Crippen molar-refractivity contribution in [3.63, 3.8) is 0 Å². The molecule has 0 aromatic carbocycles. The predicted octanol–water partition coefficient (Wildman–Crippen LogP) is 1.75. The predicted molar refractivity (Wildman–Crippen MR) is 106 cm³/mol. The Balaban J connectivity index is 1.69. The first-order valence-electron chi connectivity index (χ1n) is 9.38. The van der Waals surface area contributed by atoms with Crippen LogP contribution in [-0.4, -0.2) is 39.6 Å². The molecule has 1 atom stereocenters. The summed E-state index contributed by atoms with van der Waals surface area (Å²) in [7, 11) is 0. The number of aryl methyl sites for hydroxylation is 1. The van der Waals surface area contributed by atoms with Crippen molar-refractivity contribution in [3.05, 3.63) is 52.7 Å². The van der Waals surface area contributed by atoms with Crippen LogP contribution in [0.1, 0.15) is 25.3 Å². The number of amides is 1. The highest BCUT2D eigenvalue weighted by Gasteiger charge is 2.26. The van der Waals surface area contributed by atoms with Crippen molar-refractivity contribution < 1.29 is 14.7 Å². The van der Waals surface area contributed by atoms with Crippen LogP contribution in [0, 0.1) is 5.92 Å². The Morgan fingerprint density at radius 3 is 2.89 bits per heavy atom. The lowest BCUT2D eigenvalue weighted by molar-refractivity contribution is -0.137. The fraction of sp³-hybridized carbons (Fsp3) is 0.400. The van der Waals surface area contributed by atoms with E-state index >= 15 is 0 Å². The van der Waals surface area contributed by atoms with E-state index < -0.39 is 18.1 Å². The molecule has 1 saturated heterocycles. The summed E-state index contributed by atoms with van der Waals surface area (Å²) in [6.45, 7) is 3.11. The number of rotatable bonds is 6. The molecule has 1 aliphatic heterocycles. The first-order chi connectivity index (χ1) is 13.5. The molecule has 0 aliphatic carbocycles. The van der Waals surface area contributed by atoms with Crippen LogP contribution in [0.5, 0.6) is 0 Å². The van der Waals surface area contributed by atoms with E-state index in [-0.39, 0.29) is 11.8 Å². The summed E-state index contributed by atoms with van der Waals surface area (Å²) >= 11 is 0. The zero-order valence-electron chi connectivity index (χ0n) is 15.8. The Hall–Kier alpha value is -3.16. The number of carbonyl (C=O) groups is 2. The van der Waals surface area contributed by atoms with Gasteiger partial charge in [-0.15, -0.1) is 0 Å². The Morgan fingerprint density at radius 2 is 2.14 bits per heavy atom. The van der Waals surface area contributed by atoms with E-state index in [1.165, 1.54) is 18.3 Å². The van der Waals surface area contributed by atoms with Gasteiger partial charge in [0.05, 0.1) is 23.5 Å². The summed E-state index contributed by atoms with van der Waals surface area (Å²) in [6.07, 6.45) is 7.62. The van der Waals surface area contributed by atoms with Gasteiger partial charge in [-0.3, -0.25) is 19.4 Å². The minimum Gasteiger partial charge on any atom is -0.480 e. The maximum Gasteiger partial charge on any atom is 0.323 e. The molecule has 2 aromatic rings. The summed E-state index contributed by atoms with van der Waals surface area (Å²) in [5, 5.41) is 11.7. The van der Waals surface area contributed by atoms with Crippen LogP contribution in [0.2, 0.25) is 0 Å². The number of pyridine rings is 2. The smallest absolute Gasteiger partial charge is 0.323 e. The monoisotopic (exact) mass is 384 g/mol. The van der Waals surface area contributed by atoms with E-state index in [1.807, 2.05) is 12.4 Å². The zero-order valence-corrected chi connectivity index (χ0v) is 15.8. The van der Waals surface area contributed by atoms with E-state index in [0.29, 0.717) is 12.2 Å². The highest BCUT2D eigenvalue weighted by molar-refractivity contribution is 5.93. The standard InChI is InChI=1S/C20H24N4O4/c1-2-14-8-17(10-21-9-14)23-7-3-4-15(11-23)20(28)22-16-5-6-18(25)24(12-16)13-19(26)27/h5-6,8-10,12,15H,2-4,7,11,13H2,1H3,(H,22,28)(H,26,27). The van der Waals surface area contributed by atoms with Crippen LogP contribution < -0.4 is 15.8 Å². The van der Waals surface area contributed by atoms with Gasteiger partial charge in [0, 0.05) is 31.5 Å². The molecule has 3 rings (SSSR count). The van der Waals surface area contributed by atoms with Gasteiger partial charge in [-0.25, -0.2) is 0 Å². The maximum absolute atomic E-state index is 12.7. The Kier molecular flexibility index (Phi) is 6.08. The molecule has 2 aromatic heterocycles. The van der Waals surface area contributed by atoms with Crippen molar-refractivity contribution in [1.82, 2.24) is 9.55 Å². The van der Waals surface area contributed by atoms with Gasteiger partial charge in [-0.05, 0) is 37.0 Å². The van der Waals surface area contributed by atoms with Crippen molar-refractivity contribution >= 4 is 23.3 Å². The van der Waals surface area contributed by atoms with Crippen molar-refractivity contribution in [2.75, 3.05) is 23.3 Å². The van der Waals surface area contributed by atoms with Gasteiger partial charge in [0.25, 0.3) is 5.56 Å². The van der Waals surface area contributed by atoms with Gasteiger partial charge in [-0.1, -0.05) is 6.92 Å². The minimum absolute atomic E-state index is 0.134. The second kappa shape index (κ2) is 8.69.